The minimum atomic E-state index is 0.546. The maximum absolute atomic E-state index is 7.20. The molecule has 0 spiro atoms. The van der Waals surface area contributed by atoms with Gasteiger partial charge in [0.25, 0.3) is 0 Å². The van der Waals surface area contributed by atoms with Crippen LogP contribution in [0.15, 0.2) is 18.2 Å². The average molecular weight is 161 g/mol. The Hall–Kier alpha value is -1.11. The minimum Gasteiger partial charge on any atom is -0.308 e. The van der Waals surface area contributed by atoms with Gasteiger partial charge < -0.3 is 5.41 Å². The van der Waals surface area contributed by atoms with Gasteiger partial charge in [0.05, 0.1) is 0 Å². The molecule has 0 amide bonds. The summed E-state index contributed by atoms with van der Waals surface area (Å²) in [5, 5.41) is 7.20. The van der Waals surface area contributed by atoms with Crippen LogP contribution in [0.5, 0.6) is 0 Å². The van der Waals surface area contributed by atoms with Gasteiger partial charge in [0.1, 0.15) is 0 Å². The molecule has 1 rings (SSSR count). The Balaban J connectivity index is 3.22. The van der Waals surface area contributed by atoms with Gasteiger partial charge in [0.2, 0.25) is 0 Å². The second kappa shape index (κ2) is 3.53. The van der Waals surface area contributed by atoms with Gasteiger partial charge in [-0.25, -0.2) is 0 Å². The first-order valence-corrected chi connectivity index (χ1v) is 4.26. The molecule has 0 bridgehead atoms. The second-order valence-electron chi connectivity index (χ2n) is 3.36. The summed E-state index contributed by atoms with van der Waals surface area (Å²) in [4.78, 5) is 0. The minimum absolute atomic E-state index is 0.546. The third kappa shape index (κ3) is 1.55. The summed E-state index contributed by atoms with van der Waals surface area (Å²) in [6.45, 7) is 6.43. The highest BCUT2D eigenvalue weighted by atomic mass is 14.3. The number of rotatable bonds is 2. The van der Waals surface area contributed by atoms with E-state index >= 15 is 0 Å². The van der Waals surface area contributed by atoms with E-state index in [1.807, 2.05) is 12.1 Å². The molecule has 1 aromatic carbocycles. The lowest BCUT2D eigenvalue weighted by Crippen LogP contribution is -1.95. The zero-order chi connectivity index (χ0) is 9.14. The molecule has 12 heavy (non-hydrogen) atoms. The van der Waals surface area contributed by atoms with Crippen LogP contribution in [0.3, 0.4) is 0 Å². The van der Waals surface area contributed by atoms with E-state index in [1.165, 1.54) is 17.3 Å². The number of nitrogens with one attached hydrogen (secondary N) is 1. The van der Waals surface area contributed by atoms with Crippen LogP contribution in [0.1, 0.15) is 36.5 Å². The summed E-state index contributed by atoms with van der Waals surface area (Å²) in [5.74, 6) is 0.546. The maximum Gasteiger partial charge on any atom is 0.0253 e. The van der Waals surface area contributed by atoms with Crippen LogP contribution < -0.4 is 0 Å². The van der Waals surface area contributed by atoms with Gasteiger partial charge in [-0.1, -0.05) is 32.0 Å². The van der Waals surface area contributed by atoms with Crippen molar-refractivity contribution in [3.05, 3.63) is 34.9 Å². The van der Waals surface area contributed by atoms with Gasteiger partial charge in [-0.3, -0.25) is 0 Å². The van der Waals surface area contributed by atoms with Crippen molar-refractivity contribution < 1.29 is 0 Å². The molecule has 1 nitrogen and oxygen atoms in total. The Morgan fingerprint density at radius 2 is 2.00 bits per heavy atom. The van der Waals surface area contributed by atoms with Crippen molar-refractivity contribution in [2.45, 2.75) is 26.7 Å². The van der Waals surface area contributed by atoms with Crippen LogP contribution in [-0.4, -0.2) is 6.21 Å². The van der Waals surface area contributed by atoms with Gasteiger partial charge in [-0.05, 0) is 29.5 Å². The Morgan fingerprint density at radius 1 is 1.33 bits per heavy atom. The van der Waals surface area contributed by atoms with Gasteiger partial charge in [-0.15, -0.1) is 0 Å². The van der Waals surface area contributed by atoms with Crippen LogP contribution in [0, 0.1) is 12.3 Å². The SMILES string of the molecule is Cc1c(C=N)cccc1C(C)C. The lowest BCUT2D eigenvalue weighted by molar-refractivity contribution is 0.856. The lowest BCUT2D eigenvalue weighted by Gasteiger charge is -2.10. The summed E-state index contributed by atoms with van der Waals surface area (Å²) < 4.78 is 0. The van der Waals surface area contributed by atoms with E-state index in [0.29, 0.717) is 5.92 Å². The highest BCUT2D eigenvalue weighted by Crippen LogP contribution is 2.20. The van der Waals surface area contributed by atoms with Crippen molar-refractivity contribution >= 4 is 6.21 Å². The summed E-state index contributed by atoms with van der Waals surface area (Å²) in [6.07, 6.45) is 1.42. The zero-order valence-electron chi connectivity index (χ0n) is 7.89. The monoisotopic (exact) mass is 161 g/mol. The molecule has 0 aliphatic rings. The standard InChI is InChI=1S/C11H15N/c1-8(2)11-6-4-5-10(7-12)9(11)3/h4-8,12H,1-3H3. The Bertz CT molecular complexity index is 287. The van der Waals surface area contributed by atoms with E-state index in [9.17, 15) is 0 Å². The van der Waals surface area contributed by atoms with Crippen LogP contribution in [0.25, 0.3) is 0 Å². The van der Waals surface area contributed by atoms with Crippen molar-refractivity contribution in [2.24, 2.45) is 0 Å². The Labute approximate surface area is 73.9 Å². The molecular formula is C11H15N. The van der Waals surface area contributed by atoms with Crippen LogP contribution in [-0.2, 0) is 0 Å². The van der Waals surface area contributed by atoms with Gasteiger partial charge in [0.15, 0.2) is 0 Å². The fraction of sp³-hybridized carbons (Fsp3) is 0.364. The van der Waals surface area contributed by atoms with E-state index in [-0.39, 0.29) is 0 Å². The molecule has 64 valence electrons. The third-order valence-corrected chi connectivity index (χ3v) is 2.20. The highest BCUT2D eigenvalue weighted by Gasteiger charge is 2.04. The molecule has 1 heteroatoms. The molecule has 0 aliphatic heterocycles. The predicted molar refractivity (Wildman–Crippen MR) is 53.2 cm³/mol. The van der Waals surface area contributed by atoms with Crippen molar-refractivity contribution in [1.29, 1.82) is 5.41 Å². The first-order valence-electron chi connectivity index (χ1n) is 4.26. The van der Waals surface area contributed by atoms with Crippen LogP contribution in [0.4, 0.5) is 0 Å². The average Bonchev–Trinajstić information content (AvgIpc) is 2.04. The quantitative estimate of drug-likeness (QED) is 0.644. The number of hydrogen-bond donors (Lipinski definition) is 1. The van der Waals surface area contributed by atoms with E-state index < -0.39 is 0 Å². The van der Waals surface area contributed by atoms with Gasteiger partial charge >= 0.3 is 0 Å². The van der Waals surface area contributed by atoms with Crippen molar-refractivity contribution in [3.63, 3.8) is 0 Å². The lowest BCUT2D eigenvalue weighted by atomic mass is 9.95. The Morgan fingerprint density at radius 3 is 2.50 bits per heavy atom. The van der Waals surface area contributed by atoms with E-state index in [0.717, 1.165) is 5.56 Å². The molecular weight excluding hydrogens is 146 g/mol. The summed E-state index contributed by atoms with van der Waals surface area (Å²) in [6, 6.07) is 6.13. The fourth-order valence-corrected chi connectivity index (χ4v) is 1.45. The molecule has 0 aliphatic carbocycles. The largest absolute Gasteiger partial charge is 0.308 e. The highest BCUT2D eigenvalue weighted by molar-refractivity contribution is 5.79. The second-order valence-corrected chi connectivity index (χ2v) is 3.36. The summed E-state index contributed by atoms with van der Waals surface area (Å²) in [7, 11) is 0. The fourth-order valence-electron chi connectivity index (χ4n) is 1.45. The maximum atomic E-state index is 7.20. The molecule has 1 aromatic rings. The van der Waals surface area contributed by atoms with E-state index in [2.05, 4.69) is 26.8 Å². The van der Waals surface area contributed by atoms with E-state index in [1.54, 1.807) is 0 Å². The summed E-state index contributed by atoms with van der Waals surface area (Å²) in [5.41, 5.74) is 3.61. The van der Waals surface area contributed by atoms with Crippen molar-refractivity contribution in [1.82, 2.24) is 0 Å². The Kier molecular flexibility index (Phi) is 2.64. The first kappa shape index (κ1) is 8.98. The third-order valence-electron chi connectivity index (χ3n) is 2.20. The van der Waals surface area contributed by atoms with Gasteiger partial charge in [-0.2, -0.15) is 0 Å². The molecule has 0 saturated carbocycles. The topological polar surface area (TPSA) is 23.9 Å². The van der Waals surface area contributed by atoms with Gasteiger partial charge in [0, 0.05) is 6.21 Å². The van der Waals surface area contributed by atoms with Crippen LogP contribution >= 0.6 is 0 Å². The molecule has 1 N–H and O–H groups in total. The summed E-state index contributed by atoms with van der Waals surface area (Å²) >= 11 is 0. The van der Waals surface area contributed by atoms with E-state index in [4.69, 9.17) is 5.41 Å². The molecule has 0 fully saturated rings. The number of hydrogen-bond acceptors (Lipinski definition) is 1. The molecule has 0 aromatic heterocycles. The normalized spacial score (nSPS) is 10.3. The number of benzene rings is 1. The van der Waals surface area contributed by atoms with Crippen LogP contribution in [0.2, 0.25) is 0 Å². The zero-order valence-corrected chi connectivity index (χ0v) is 7.89. The molecule has 0 saturated heterocycles. The van der Waals surface area contributed by atoms with Crippen molar-refractivity contribution in [3.8, 4) is 0 Å². The molecule has 0 radical (unpaired) electrons. The molecule has 0 heterocycles. The molecule has 0 unspecified atom stereocenters. The predicted octanol–water partition coefficient (Wildman–Crippen LogP) is 3.12. The smallest absolute Gasteiger partial charge is 0.0253 e. The van der Waals surface area contributed by atoms with Crippen molar-refractivity contribution in [2.75, 3.05) is 0 Å². The first-order chi connectivity index (χ1) is 5.66. The molecule has 0 atom stereocenters.